The van der Waals surface area contributed by atoms with Crippen molar-refractivity contribution in [3.63, 3.8) is 0 Å². The lowest BCUT2D eigenvalue weighted by molar-refractivity contribution is -0.377. The first-order valence-corrected chi connectivity index (χ1v) is 19.4. The Hall–Kier alpha value is -3.47. The van der Waals surface area contributed by atoms with Crippen LogP contribution in [0.25, 0.3) is 0 Å². The minimum absolute atomic E-state index is 0.101. The lowest BCUT2D eigenvalue weighted by Gasteiger charge is -2.34. The van der Waals surface area contributed by atoms with Crippen LogP contribution in [0.2, 0.25) is 10.0 Å². The Bertz CT molecular complexity index is 1840. The summed E-state index contributed by atoms with van der Waals surface area (Å²) in [6.45, 7) is -0.717. The first-order valence-electron chi connectivity index (χ1n) is 16.8. The van der Waals surface area contributed by atoms with Gasteiger partial charge in [0.15, 0.2) is 30.2 Å². The zero-order valence-corrected chi connectivity index (χ0v) is 31.2. The van der Waals surface area contributed by atoms with Gasteiger partial charge in [-0.05, 0) is 61.2 Å². The van der Waals surface area contributed by atoms with Crippen molar-refractivity contribution in [2.45, 2.75) is 44.4 Å². The van der Waals surface area contributed by atoms with Crippen molar-refractivity contribution in [1.82, 2.24) is 9.80 Å². The number of aromatic amines is 1. The van der Waals surface area contributed by atoms with Crippen LogP contribution in [0.5, 0.6) is 17.2 Å². The van der Waals surface area contributed by atoms with Gasteiger partial charge < -0.3 is 33.5 Å². The van der Waals surface area contributed by atoms with Crippen molar-refractivity contribution in [2.75, 3.05) is 64.0 Å². The van der Waals surface area contributed by atoms with Crippen LogP contribution in [0, 0.1) is 5.92 Å². The third-order valence-corrected chi connectivity index (χ3v) is 11.0. The first-order chi connectivity index (χ1) is 24.8. The molecule has 2 unspecified atom stereocenters. The molecule has 3 heterocycles. The van der Waals surface area contributed by atoms with Gasteiger partial charge in [0.1, 0.15) is 28.4 Å². The van der Waals surface area contributed by atoms with Gasteiger partial charge in [-0.2, -0.15) is 8.78 Å². The van der Waals surface area contributed by atoms with E-state index in [-0.39, 0.29) is 35.3 Å². The summed E-state index contributed by atoms with van der Waals surface area (Å²) in [7, 11) is -0.537. The molecule has 1 aliphatic carbocycles. The molecule has 17 heteroatoms. The van der Waals surface area contributed by atoms with Crippen LogP contribution in [-0.2, 0) is 30.7 Å². The van der Waals surface area contributed by atoms with E-state index in [0.29, 0.717) is 65.4 Å². The number of benzene rings is 2. The van der Waals surface area contributed by atoms with E-state index in [1.807, 2.05) is 7.05 Å². The highest BCUT2D eigenvalue weighted by atomic mass is 35.5. The molecule has 3 aliphatic rings. The van der Waals surface area contributed by atoms with E-state index in [2.05, 4.69) is 9.88 Å². The highest BCUT2D eigenvalue weighted by Crippen LogP contribution is 2.46. The molecule has 12 nitrogen and oxygen atoms in total. The molecule has 3 aromatic rings. The molecule has 2 aliphatic heterocycles. The number of pyridine rings is 1. The van der Waals surface area contributed by atoms with E-state index in [9.17, 15) is 22.0 Å². The summed E-state index contributed by atoms with van der Waals surface area (Å²) in [6, 6.07) is 9.58. The zero-order chi connectivity index (χ0) is 37.2. The maximum atomic E-state index is 13.3. The Morgan fingerprint density at radius 2 is 1.73 bits per heavy atom. The summed E-state index contributed by atoms with van der Waals surface area (Å²) in [5.74, 6) is 0.338. The normalized spacial score (nSPS) is 19.7. The lowest BCUT2D eigenvalue weighted by Crippen LogP contribution is -2.50. The number of sulfonamides is 1. The quantitative estimate of drug-likeness (QED) is 0.182. The molecule has 282 valence electrons. The number of amides is 1. The Labute approximate surface area is 311 Å². The van der Waals surface area contributed by atoms with Crippen molar-refractivity contribution in [2.24, 2.45) is 5.92 Å². The number of alkyl halides is 2. The second kappa shape index (κ2) is 16.3. The Morgan fingerprint density at radius 1 is 1.04 bits per heavy atom. The average Bonchev–Trinajstić information content (AvgIpc) is 4.04. The molecule has 1 saturated carbocycles. The minimum Gasteiger partial charge on any atom is -0.495 e. The number of hydrogen-bond donors (Lipinski definition) is 0. The van der Waals surface area contributed by atoms with Gasteiger partial charge in [-0.15, -0.1) is 0 Å². The van der Waals surface area contributed by atoms with Crippen LogP contribution in [0.1, 0.15) is 41.7 Å². The number of rotatable bonds is 16. The number of nitrogens with one attached hydrogen (secondary N) is 1. The van der Waals surface area contributed by atoms with Gasteiger partial charge in [0.05, 0.1) is 31.8 Å². The number of anilines is 1. The average molecular weight is 787 g/mol. The van der Waals surface area contributed by atoms with E-state index < -0.39 is 41.7 Å². The van der Waals surface area contributed by atoms with Crippen molar-refractivity contribution in [1.29, 1.82) is 0 Å². The van der Waals surface area contributed by atoms with E-state index in [4.69, 9.17) is 46.9 Å². The third-order valence-electron chi connectivity index (χ3n) is 9.20. The highest BCUT2D eigenvalue weighted by Gasteiger charge is 2.44. The molecular formula is C35H41Cl2F2N4O8S+. The van der Waals surface area contributed by atoms with Gasteiger partial charge in [0.25, 0.3) is 0 Å². The molecule has 1 N–H and O–H groups in total. The Kier molecular flexibility index (Phi) is 12.0. The van der Waals surface area contributed by atoms with Crippen LogP contribution >= 0.6 is 23.2 Å². The molecule has 1 amide bonds. The third kappa shape index (κ3) is 9.54. The number of epoxide rings is 1. The van der Waals surface area contributed by atoms with Crippen LogP contribution < -0.4 is 23.5 Å². The summed E-state index contributed by atoms with van der Waals surface area (Å²) in [5.41, 5.74) is 1.92. The van der Waals surface area contributed by atoms with Crippen LogP contribution in [0.4, 0.5) is 14.5 Å². The van der Waals surface area contributed by atoms with E-state index in [1.165, 1.54) is 13.2 Å². The molecule has 3 fully saturated rings. The molecule has 3 atom stereocenters. The van der Waals surface area contributed by atoms with Gasteiger partial charge in [-0.1, -0.05) is 35.3 Å². The second-order valence-corrected chi connectivity index (χ2v) is 15.8. The van der Waals surface area contributed by atoms with Gasteiger partial charge in [-0.25, -0.2) is 13.4 Å². The van der Waals surface area contributed by atoms with Crippen molar-refractivity contribution in [3.8, 4) is 17.2 Å². The topological polar surface area (TPSA) is 125 Å². The summed E-state index contributed by atoms with van der Waals surface area (Å²) in [5, 5.41) is 0.730. The Morgan fingerprint density at radius 3 is 2.37 bits per heavy atom. The molecule has 2 aromatic carbocycles. The van der Waals surface area contributed by atoms with Gasteiger partial charge in [0, 0.05) is 38.2 Å². The standard InChI is InChI=1S/C35H40Cl2F2N4O8S/c1-41-10-12-42(13-11-41)32(44)19-43(52(3,45)46)27-14-23(7-8-28(27)47-2)33-34(51-33)49-30(16-24-25(36)17-40-18-26(24)37)22-6-9-29(50-35(38)39)31(15-22)48-20-21-4-5-21/h6-9,14-15,17-18,21,30,33-35H,4-5,10-13,16,19-20H2,1-3H3/p+1/t30-,33?,34?/m0/s1. The summed E-state index contributed by atoms with van der Waals surface area (Å²) in [4.78, 5) is 19.9. The van der Waals surface area contributed by atoms with E-state index >= 15 is 0 Å². The number of carbonyl (C=O) groups excluding carboxylic acids is 1. The Balaban J connectivity index is 1.26. The van der Waals surface area contributed by atoms with E-state index in [1.54, 1.807) is 47.6 Å². The predicted octanol–water partition coefficient (Wildman–Crippen LogP) is 5.14. The molecule has 6 rings (SSSR count). The SMILES string of the molecule is COc1ccc(C2OC2O[C@@H](Cc2c(Cl)c[nH+]cc2Cl)c2ccc(OC(F)F)c(OCC3CC3)c2)cc1N(CC(=O)N1CCN(C)CC1)S(C)(=O)=O. The lowest BCUT2D eigenvalue weighted by atomic mass is 10.0. The number of H-pyrrole nitrogens is 1. The second-order valence-electron chi connectivity index (χ2n) is 13.1. The summed E-state index contributed by atoms with van der Waals surface area (Å²) < 4.78 is 82.5. The number of methoxy groups -OCH3 is 1. The number of hydrogen-bond acceptors (Lipinski definition) is 9. The molecule has 0 radical (unpaired) electrons. The number of likely N-dealkylation sites (N-methyl/N-ethyl adjacent to an activating group) is 1. The van der Waals surface area contributed by atoms with E-state index in [0.717, 1.165) is 23.4 Å². The van der Waals surface area contributed by atoms with Crippen molar-refractivity contribution < 1.29 is 50.7 Å². The fourth-order valence-electron chi connectivity index (χ4n) is 5.96. The largest absolute Gasteiger partial charge is 0.495 e. The summed E-state index contributed by atoms with van der Waals surface area (Å²) >= 11 is 13.0. The number of aromatic nitrogens is 1. The van der Waals surface area contributed by atoms with Crippen molar-refractivity contribution >= 4 is 44.8 Å². The van der Waals surface area contributed by atoms with Gasteiger partial charge >= 0.3 is 6.61 Å². The number of piperazine rings is 1. The fraction of sp³-hybridized carbons (Fsp3) is 0.486. The zero-order valence-electron chi connectivity index (χ0n) is 28.9. The number of ether oxygens (including phenoxy) is 5. The first kappa shape index (κ1) is 38.3. The fourth-order valence-corrected chi connectivity index (χ4v) is 7.34. The molecular weight excluding hydrogens is 745 g/mol. The van der Waals surface area contributed by atoms with Gasteiger partial charge in [0.2, 0.25) is 15.9 Å². The maximum absolute atomic E-state index is 13.3. The smallest absolute Gasteiger partial charge is 0.387 e. The number of halogens is 4. The molecule has 0 spiro atoms. The van der Waals surface area contributed by atoms with Crippen LogP contribution in [0.3, 0.4) is 0 Å². The number of carbonyl (C=O) groups is 1. The maximum Gasteiger partial charge on any atom is 0.387 e. The molecule has 2 saturated heterocycles. The highest BCUT2D eigenvalue weighted by molar-refractivity contribution is 7.92. The predicted molar refractivity (Wildman–Crippen MR) is 189 cm³/mol. The summed E-state index contributed by atoms with van der Waals surface area (Å²) in [6.07, 6.45) is 4.22. The molecule has 1 aromatic heterocycles. The van der Waals surface area contributed by atoms with Gasteiger partial charge in [-0.3, -0.25) is 9.10 Å². The van der Waals surface area contributed by atoms with Crippen molar-refractivity contribution in [3.05, 3.63) is 75.5 Å². The minimum atomic E-state index is -3.92. The van der Waals surface area contributed by atoms with Crippen LogP contribution in [0.15, 0.2) is 48.8 Å². The monoisotopic (exact) mass is 785 g/mol. The number of nitrogens with zero attached hydrogens (tertiary/aromatic N) is 3. The molecule has 52 heavy (non-hydrogen) atoms. The van der Waals surface area contributed by atoms with Crippen LogP contribution in [-0.4, -0.2) is 96.8 Å². The molecule has 0 bridgehead atoms.